The van der Waals surface area contributed by atoms with Crippen LogP contribution in [0.1, 0.15) is 12.0 Å². The number of benzene rings is 1. The second-order valence-corrected chi connectivity index (χ2v) is 5.29. The van der Waals surface area contributed by atoms with E-state index in [1.165, 1.54) is 5.56 Å². The van der Waals surface area contributed by atoms with Crippen LogP contribution in [0.15, 0.2) is 18.2 Å². The van der Waals surface area contributed by atoms with Crippen molar-refractivity contribution in [2.24, 2.45) is 5.92 Å². The van der Waals surface area contributed by atoms with E-state index in [-0.39, 0.29) is 0 Å². The molecule has 1 aliphatic heterocycles. The van der Waals surface area contributed by atoms with Crippen molar-refractivity contribution in [1.29, 1.82) is 0 Å². The maximum atomic E-state index is 6.02. The molecule has 1 N–H and O–H groups in total. The van der Waals surface area contributed by atoms with Crippen molar-refractivity contribution in [1.82, 2.24) is 5.32 Å². The Morgan fingerprint density at radius 2 is 2.18 bits per heavy atom. The van der Waals surface area contributed by atoms with Crippen molar-refractivity contribution in [3.8, 4) is 0 Å². The van der Waals surface area contributed by atoms with Crippen LogP contribution in [0.5, 0.6) is 0 Å². The standard InChI is InChI=1S/C13H17Cl2NO/c1-16-13-4-5-17-8-10(13)6-9-2-3-11(14)12(15)7-9/h2-3,7,10,13,16H,4-6,8H2,1H3/t10-,13+/m1/s1. The van der Waals surface area contributed by atoms with Gasteiger partial charge < -0.3 is 10.1 Å². The van der Waals surface area contributed by atoms with Gasteiger partial charge in [-0.3, -0.25) is 0 Å². The highest BCUT2D eigenvalue weighted by atomic mass is 35.5. The first-order valence-corrected chi connectivity index (χ1v) is 6.65. The molecule has 1 saturated heterocycles. The zero-order valence-electron chi connectivity index (χ0n) is 9.88. The predicted molar refractivity (Wildman–Crippen MR) is 71.9 cm³/mol. The van der Waals surface area contributed by atoms with E-state index in [4.69, 9.17) is 27.9 Å². The van der Waals surface area contributed by atoms with Crippen LogP contribution in [0.2, 0.25) is 10.0 Å². The highest BCUT2D eigenvalue weighted by molar-refractivity contribution is 6.42. The van der Waals surface area contributed by atoms with Gasteiger partial charge in [-0.25, -0.2) is 0 Å². The van der Waals surface area contributed by atoms with Crippen LogP contribution in [0.4, 0.5) is 0 Å². The molecule has 0 radical (unpaired) electrons. The van der Waals surface area contributed by atoms with Crippen LogP contribution in [-0.2, 0) is 11.2 Å². The maximum absolute atomic E-state index is 6.02. The molecule has 2 atom stereocenters. The molecular weight excluding hydrogens is 257 g/mol. The van der Waals surface area contributed by atoms with Gasteiger partial charge in [0.25, 0.3) is 0 Å². The van der Waals surface area contributed by atoms with Crippen molar-refractivity contribution in [2.75, 3.05) is 20.3 Å². The van der Waals surface area contributed by atoms with Crippen molar-refractivity contribution in [3.05, 3.63) is 33.8 Å². The van der Waals surface area contributed by atoms with Gasteiger partial charge in [0.15, 0.2) is 0 Å². The highest BCUT2D eigenvalue weighted by Gasteiger charge is 2.24. The molecule has 17 heavy (non-hydrogen) atoms. The molecule has 1 aromatic rings. The first-order chi connectivity index (χ1) is 8.20. The summed E-state index contributed by atoms with van der Waals surface area (Å²) in [7, 11) is 2.01. The quantitative estimate of drug-likeness (QED) is 0.914. The van der Waals surface area contributed by atoms with E-state index in [9.17, 15) is 0 Å². The van der Waals surface area contributed by atoms with E-state index in [1.54, 1.807) is 0 Å². The number of rotatable bonds is 3. The second kappa shape index (κ2) is 6.05. The number of hydrogen-bond donors (Lipinski definition) is 1. The average molecular weight is 274 g/mol. The summed E-state index contributed by atoms with van der Waals surface area (Å²) >= 11 is 11.9. The Hall–Kier alpha value is -0.280. The van der Waals surface area contributed by atoms with Crippen molar-refractivity contribution in [2.45, 2.75) is 18.9 Å². The van der Waals surface area contributed by atoms with Crippen LogP contribution in [-0.4, -0.2) is 26.3 Å². The number of hydrogen-bond acceptors (Lipinski definition) is 2. The molecule has 0 bridgehead atoms. The molecule has 0 aliphatic carbocycles. The third-order valence-corrected chi connectivity index (χ3v) is 4.07. The third-order valence-electron chi connectivity index (χ3n) is 3.33. The first-order valence-electron chi connectivity index (χ1n) is 5.89. The normalized spacial score (nSPS) is 24.9. The minimum absolute atomic E-state index is 0.506. The Balaban J connectivity index is 2.05. The van der Waals surface area contributed by atoms with Gasteiger partial charge >= 0.3 is 0 Å². The Bertz CT molecular complexity index is 384. The molecule has 0 spiro atoms. The Morgan fingerprint density at radius 3 is 2.88 bits per heavy atom. The van der Waals surface area contributed by atoms with Crippen LogP contribution in [0.25, 0.3) is 0 Å². The van der Waals surface area contributed by atoms with Crippen LogP contribution < -0.4 is 5.32 Å². The molecule has 2 rings (SSSR count). The minimum Gasteiger partial charge on any atom is -0.381 e. The molecule has 1 heterocycles. The molecule has 0 aromatic heterocycles. The zero-order valence-corrected chi connectivity index (χ0v) is 11.4. The van der Waals surface area contributed by atoms with E-state index in [2.05, 4.69) is 5.32 Å². The summed E-state index contributed by atoms with van der Waals surface area (Å²) in [4.78, 5) is 0. The molecular formula is C13H17Cl2NO. The maximum Gasteiger partial charge on any atom is 0.0595 e. The third kappa shape index (κ3) is 3.35. The summed E-state index contributed by atoms with van der Waals surface area (Å²) in [5.41, 5.74) is 1.22. The van der Waals surface area contributed by atoms with Crippen molar-refractivity contribution >= 4 is 23.2 Å². The van der Waals surface area contributed by atoms with Crippen LogP contribution in [0, 0.1) is 5.92 Å². The van der Waals surface area contributed by atoms with E-state index < -0.39 is 0 Å². The van der Waals surface area contributed by atoms with Gasteiger partial charge in [0, 0.05) is 18.6 Å². The highest BCUT2D eigenvalue weighted by Crippen LogP contribution is 2.26. The fourth-order valence-electron chi connectivity index (χ4n) is 2.35. The monoisotopic (exact) mass is 273 g/mol. The van der Waals surface area contributed by atoms with Gasteiger partial charge in [0.05, 0.1) is 16.7 Å². The smallest absolute Gasteiger partial charge is 0.0595 e. The molecule has 1 aromatic carbocycles. The number of halogens is 2. The van der Waals surface area contributed by atoms with Gasteiger partial charge in [-0.15, -0.1) is 0 Å². The van der Waals surface area contributed by atoms with E-state index in [0.29, 0.717) is 22.0 Å². The van der Waals surface area contributed by atoms with Gasteiger partial charge in [-0.05, 0) is 37.6 Å². The Kier molecular flexibility index (Phi) is 4.69. The summed E-state index contributed by atoms with van der Waals surface area (Å²) in [6.07, 6.45) is 2.05. The van der Waals surface area contributed by atoms with Crippen LogP contribution >= 0.6 is 23.2 Å². The lowest BCUT2D eigenvalue weighted by atomic mass is 9.89. The fourth-order valence-corrected chi connectivity index (χ4v) is 2.67. The topological polar surface area (TPSA) is 21.3 Å². The van der Waals surface area contributed by atoms with Gasteiger partial charge in [0.2, 0.25) is 0 Å². The van der Waals surface area contributed by atoms with Crippen LogP contribution in [0.3, 0.4) is 0 Å². The lowest BCUT2D eigenvalue weighted by Crippen LogP contribution is -2.41. The van der Waals surface area contributed by atoms with E-state index in [1.807, 2.05) is 25.2 Å². The summed E-state index contributed by atoms with van der Waals surface area (Å²) in [6.45, 7) is 1.66. The van der Waals surface area contributed by atoms with Crippen molar-refractivity contribution < 1.29 is 4.74 Å². The first kappa shape index (κ1) is 13.2. The van der Waals surface area contributed by atoms with Gasteiger partial charge in [-0.2, -0.15) is 0 Å². The summed E-state index contributed by atoms with van der Waals surface area (Å²) in [6, 6.07) is 6.37. The molecule has 0 unspecified atom stereocenters. The molecule has 2 nitrogen and oxygen atoms in total. The molecule has 4 heteroatoms. The molecule has 0 saturated carbocycles. The fraction of sp³-hybridized carbons (Fsp3) is 0.538. The second-order valence-electron chi connectivity index (χ2n) is 4.47. The van der Waals surface area contributed by atoms with E-state index in [0.717, 1.165) is 26.1 Å². The zero-order chi connectivity index (χ0) is 12.3. The summed E-state index contributed by atoms with van der Waals surface area (Å²) in [5.74, 6) is 0.506. The molecule has 1 aliphatic rings. The van der Waals surface area contributed by atoms with Crippen molar-refractivity contribution in [3.63, 3.8) is 0 Å². The summed E-state index contributed by atoms with van der Waals surface area (Å²) < 4.78 is 5.54. The molecule has 1 fully saturated rings. The molecule has 94 valence electrons. The minimum atomic E-state index is 0.506. The van der Waals surface area contributed by atoms with Gasteiger partial charge in [0.1, 0.15) is 0 Å². The average Bonchev–Trinajstić information content (AvgIpc) is 2.34. The SMILES string of the molecule is CN[C@H]1CCOC[C@H]1Cc1ccc(Cl)c(Cl)c1. The number of ether oxygens (including phenoxy) is 1. The predicted octanol–water partition coefficient (Wildman–Crippen LogP) is 3.16. The summed E-state index contributed by atoms with van der Waals surface area (Å²) in [5, 5.41) is 4.60. The Labute approximate surface area is 112 Å². The number of nitrogens with one attached hydrogen (secondary N) is 1. The largest absolute Gasteiger partial charge is 0.381 e. The van der Waals surface area contributed by atoms with E-state index >= 15 is 0 Å². The Morgan fingerprint density at radius 1 is 1.35 bits per heavy atom. The lowest BCUT2D eigenvalue weighted by Gasteiger charge is -2.31. The molecule has 0 amide bonds. The van der Waals surface area contributed by atoms with Gasteiger partial charge in [-0.1, -0.05) is 29.3 Å². The lowest BCUT2D eigenvalue weighted by molar-refractivity contribution is 0.0342.